The van der Waals surface area contributed by atoms with Crippen LogP contribution in [0.2, 0.25) is 0 Å². The van der Waals surface area contributed by atoms with Crippen molar-refractivity contribution in [1.82, 2.24) is 4.90 Å². The molecule has 0 spiro atoms. The molecule has 0 bridgehead atoms. The minimum absolute atomic E-state index is 0.256. The molecule has 7 nitrogen and oxygen atoms in total. The van der Waals surface area contributed by atoms with Gasteiger partial charge in [0.15, 0.2) is 16.7 Å². The zero-order valence-corrected chi connectivity index (χ0v) is 20.1. The van der Waals surface area contributed by atoms with Crippen LogP contribution in [0.25, 0.3) is 5.70 Å². The summed E-state index contributed by atoms with van der Waals surface area (Å²) in [6.45, 7) is 4.05. The highest BCUT2D eigenvalue weighted by atomic mass is 32.2. The molecule has 0 N–H and O–H groups in total. The molecule has 1 atom stereocenters. The maximum Gasteiger partial charge on any atom is 0.338 e. The number of nitrogens with zero attached hydrogens (tertiary/aromatic N) is 2. The third-order valence-electron chi connectivity index (χ3n) is 5.46. The van der Waals surface area contributed by atoms with Gasteiger partial charge in [0.05, 0.1) is 45.2 Å². The molecule has 0 saturated carbocycles. The van der Waals surface area contributed by atoms with E-state index in [1.165, 1.54) is 11.8 Å². The summed E-state index contributed by atoms with van der Waals surface area (Å²) in [5.74, 6) is 1.09. The zero-order valence-electron chi connectivity index (χ0n) is 19.2. The smallest absolute Gasteiger partial charge is 0.338 e. The first kappa shape index (κ1) is 22.8. The average Bonchev–Trinajstić information content (AvgIpc) is 3.22. The highest BCUT2D eigenvalue weighted by molar-refractivity contribution is 8.16. The number of esters is 1. The molecular formula is C25H26N2O5S. The Morgan fingerprint density at radius 2 is 1.73 bits per heavy atom. The zero-order chi connectivity index (χ0) is 23.5. The monoisotopic (exact) mass is 466 g/mol. The number of thioether (sulfide) groups is 1. The largest absolute Gasteiger partial charge is 0.493 e. The summed E-state index contributed by atoms with van der Waals surface area (Å²) in [6, 6.07) is 12.9. The van der Waals surface area contributed by atoms with Crippen molar-refractivity contribution in [1.29, 1.82) is 0 Å². The highest BCUT2D eigenvalue weighted by Gasteiger charge is 2.41. The van der Waals surface area contributed by atoms with E-state index in [4.69, 9.17) is 23.9 Å². The van der Waals surface area contributed by atoms with E-state index in [-0.39, 0.29) is 6.61 Å². The Kier molecular flexibility index (Phi) is 6.65. The lowest BCUT2D eigenvalue weighted by molar-refractivity contribution is -0.139. The number of allylic oxidation sites excluding steroid dienone is 1. The Hall–Kier alpha value is -3.39. The van der Waals surface area contributed by atoms with Crippen molar-refractivity contribution in [2.75, 3.05) is 27.9 Å². The molecule has 0 radical (unpaired) electrons. The molecule has 2 aliphatic rings. The molecule has 0 aliphatic carbocycles. The van der Waals surface area contributed by atoms with E-state index in [0.717, 1.165) is 22.0 Å². The van der Waals surface area contributed by atoms with Crippen molar-refractivity contribution in [2.45, 2.75) is 19.9 Å². The third kappa shape index (κ3) is 4.06. The Morgan fingerprint density at radius 1 is 1.06 bits per heavy atom. The van der Waals surface area contributed by atoms with E-state index in [1.54, 1.807) is 28.3 Å². The van der Waals surface area contributed by atoms with Gasteiger partial charge in [-0.25, -0.2) is 9.79 Å². The van der Waals surface area contributed by atoms with Crippen LogP contribution in [0.3, 0.4) is 0 Å². The lowest BCUT2D eigenvalue weighted by Gasteiger charge is -2.36. The molecule has 0 saturated heterocycles. The number of hydrogen-bond acceptors (Lipinski definition) is 8. The first-order valence-electron chi connectivity index (χ1n) is 10.5. The van der Waals surface area contributed by atoms with Gasteiger partial charge < -0.3 is 23.8 Å². The van der Waals surface area contributed by atoms with E-state index < -0.39 is 12.0 Å². The molecule has 0 aromatic heterocycles. The second kappa shape index (κ2) is 9.62. The molecule has 0 fully saturated rings. The number of methoxy groups -OCH3 is 3. The van der Waals surface area contributed by atoms with Gasteiger partial charge in [-0.1, -0.05) is 42.1 Å². The highest BCUT2D eigenvalue weighted by Crippen LogP contribution is 2.49. The topological polar surface area (TPSA) is 69.6 Å². The summed E-state index contributed by atoms with van der Waals surface area (Å²) in [5.41, 5.74) is 3.66. The summed E-state index contributed by atoms with van der Waals surface area (Å²) in [7, 11) is 4.71. The van der Waals surface area contributed by atoms with Gasteiger partial charge in [0.1, 0.15) is 0 Å². The summed E-state index contributed by atoms with van der Waals surface area (Å²) in [4.78, 5) is 20.3. The van der Waals surface area contributed by atoms with Gasteiger partial charge in [-0.2, -0.15) is 0 Å². The fraction of sp³-hybridized carbons (Fsp3) is 0.280. The fourth-order valence-corrected chi connectivity index (χ4v) is 4.92. The number of aliphatic imine (C=N–C) groups is 1. The number of hydrogen-bond donors (Lipinski definition) is 0. The van der Waals surface area contributed by atoms with E-state index in [1.807, 2.05) is 59.7 Å². The van der Waals surface area contributed by atoms with Gasteiger partial charge in [0.25, 0.3) is 0 Å². The minimum Gasteiger partial charge on any atom is -0.493 e. The number of benzene rings is 2. The van der Waals surface area contributed by atoms with Crippen molar-refractivity contribution in [3.05, 3.63) is 70.3 Å². The van der Waals surface area contributed by atoms with Gasteiger partial charge in [-0.3, -0.25) is 0 Å². The fourth-order valence-electron chi connectivity index (χ4n) is 4.02. The summed E-state index contributed by atoms with van der Waals surface area (Å²) in [6.07, 6.45) is 0. The Morgan fingerprint density at radius 3 is 2.30 bits per heavy atom. The predicted molar refractivity (Wildman–Crippen MR) is 129 cm³/mol. The molecule has 2 aliphatic heterocycles. The van der Waals surface area contributed by atoms with Gasteiger partial charge >= 0.3 is 5.97 Å². The Bertz CT molecular complexity index is 1130. The van der Waals surface area contributed by atoms with Gasteiger partial charge in [-0.05, 0) is 37.0 Å². The van der Waals surface area contributed by atoms with Crippen LogP contribution in [-0.4, -0.2) is 44.0 Å². The number of carbonyl (C=O) groups excluding carboxylic acids is 1. The number of amidine groups is 1. The quantitative estimate of drug-likeness (QED) is 0.532. The van der Waals surface area contributed by atoms with E-state index in [2.05, 4.69) is 0 Å². The van der Waals surface area contributed by atoms with Crippen molar-refractivity contribution in [2.24, 2.45) is 4.99 Å². The van der Waals surface area contributed by atoms with Gasteiger partial charge in [0, 0.05) is 11.3 Å². The Balaban J connectivity index is 2.01. The molecule has 33 heavy (non-hydrogen) atoms. The molecule has 2 aromatic rings. The minimum atomic E-state index is -0.494. The Labute approximate surface area is 197 Å². The predicted octanol–water partition coefficient (Wildman–Crippen LogP) is 5.01. The molecule has 8 heteroatoms. The maximum atomic E-state index is 13.4. The van der Waals surface area contributed by atoms with Gasteiger partial charge in [0.2, 0.25) is 5.75 Å². The lowest BCUT2D eigenvalue weighted by Crippen LogP contribution is -2.36. The van der Waals surface area contributed by atoms with Crippen LogP contribution in [0, 0.1) is 0 Å². The van der Waals surface area contributed by atoms with Crippen LogP contribution in [0.1, 0.15) is 31.0 Å². The number of ether oxygens (including phenoxy) is 4. The first-order chi connectivity index (χ1) is 16.0. The van der Waals surface area contributed by atoms with Crippen LogP contribution in [0.4, 0.5) is 0 Å². The van der Waals surface area contributed by atoms with Crippen molar-refractivity contribution in [3.63, 3.8) is 0 Å². The van der Waals surface area contributed by atoms with Crippen molar-refractivity contribution >= 4 is 28.6 Å². The standard InChI is InChI=1S/C25H26N2O5S/c1-6-32-24(28)20-21(16-10-8-7-9-11-16)26-25-27(15(2)14-33-25)22(20)17-12-18(29-3)23(31-5)19(13-17)30-4/h7-14,22H,6H2,1-5H3. The molecule has 0 amide bonds. The second-order valence-corrected chi connectivity index (χ2v) is 8.19. The average molecular weight is 467 g/mol. The molecule has 172 valence electrons. The number of fused-ring (bicyclic) bond motifs is 1. The van der Waals surface area contributed by atoms with E-state index in [9.17, 15) is 4.79 Å². The maximum absolute atomic E-state index is 13.4. The molecular weight excluding hydrogens is 440 g/mol. The molecule has 2 aromatic carbocycles. The van der Waals surface area contributed by atoms with Crippen LogP contribution in [0.15, 0.2) is 64.1 Å². The summed E-state index contributed by atoms with van der Waals surface area (Å²) < 4.78 is 22.2. The normalized spacial score (nSPS) is 17.2. The summed E-state index contributed by atoms with van der Waals surface area (Å²) >= 11 is 1.53. The number of carbonyl (C=O) groups is 1. The van der Waals surface area contributed by atoms with E-state index in [0.29, 0.717) is 28.5 Å². The first-order valence-corrected chi connectivity index (χ1v) is 11.4. The van der Waals surface area contributed by atoms with Crippen LogP contribution in [-0.2, 0) is 9.53 Å². The number of rotatable bonds is 7. The SMILES string of the molecule is CCOC(=O)C1=C(c2ccccc2)N=C2SC=C(C)N2C1c1cc(OC)c(OC)c(OC)c1. The van der Waals surface area contributed by atoms with Crippen molar-refractivity contribution in [3.8, 4) is 17.2 Å². The second-order valence-electron chi connectivity index (χ2n) is 7.35. The molecule has 4 rings (SSSR count). The van der Waals surface area contributed by atoms with Crippen molar-refractivity contribution < 1.29 is 23.7 Å². The summed E-state index contributed by atoms with van der Waals surface area (Å²) in [5, 5.41) is 2.82. The van der Waals surface area contributed by atoms with Crippen LogP contribution >= 0.6 is 11.8 Å². The van der Waals surface area contributed by atoms with Crippen LogP contribution < -0.4 is 14.2 Å². The lowest BCUT2D eigenvalue weighted by atomic mass is 9.91. The van der Waals surface area contributed by atoms with Gasteiger partial charge in [-0.15, -0.1) is 0 Å². The van der Waals surface area contributed by atoms with E-state index >= 15 is 0 Å². The molecule has 1 unspecified atom stereocenters. The molecule has 2 heterocycles. The third-order valence-corrected chi connectivity index (χ3v) is 6.42. The van der Waals surface area contributed by atoms with Crippen LogP contribution in [0.5, 0.6) is 17.2 Å².